The fourth-order valence-corrected chi connectivity index (χ4v) is 2.46. The van der Waals surface area contributed by atoms with E-state index in [-0.39, 0.29) is 5.70 Å². The molecule has 0 aliphatic heterocycles. The van der Waals surface area contributed by atoms with Crippen LogP contribution >= 0.6 is 22.9 Å². The Bertz CT molecular complexity index is 648. The number of methoxy groups -OCH3 is 1. The molecule has 0 atom stereocenters. The number of nitrogens with zero attached hydrogens (tertiary/aromatic N) is 1. The summed E-state index contributed by atoms with van der Waals surface area (Å²) in [5.41, 5.74) is 0.930. The molecule has 3 nitrogen and oxygen atoms in total. The third kappa shape index (κ3) is 3.56. The Morgan fingerprint density at radius 2 is 2.10 bits per heavy atom. The number of benzene rings is 1. The van der Waals surface area contributed by atoms with Crippen LogP contribution in [0.25, 0.3) is 6.08 Å². The van der Waals surface area contributed by atoms with Crippen molar-refractivity contribution in [3.8, 4) is 0 Å². The van der Waals surface area contributed by atoms with E-state index in [4.69, 9.17) is 16.3 Å². The Kier molecular flexibility index (Phi) is 5.09. The van der Waals surface area contributed by atoms with Gasteiger partial charge in [0.25, 0.3) is 0 Å². The minimum atomic E-state index is 0.282. The lowest BCUT2D eigenvalue weighted by Crippen LogP contribution is -2.05. The van der Waals surface area contributed by atoms with Gasteiger partial charge in [-0.15, -0.1) is 11.3 Å². The van der Waals surface area contributed by atoms with Gasteiger partial charge in [0.2, 0.25) is 5.90 Å². The lowest BCUT2D eigenvalue weighted by Gasteiger charge is -2.06. The maximum atomic E-state index is 11.1. The number of thiophene rings is 1. The van der Waals surface area contributed by atoms with Gasteiger partial charge in [0.1, 0.15) is 5.70 Å². The summed E-state index contributed by atoms with van der Waals surface area (Å²) in [4.78, 5) is 16.3. The van der Waals surface area contributed by atoms with Gasteiger partial charge in [-0.2, -0.15) is 0 Å². The predicted molar refractivity (Wildman–Crippen MR) is 83.4 cm³/mol. The molecule has 0 radical (unpaired) electrons. The van der Waals surface area contributed by atoms with Crippen LogP contribution < -0.4 is 0 Å². The first-order chi connectivity index (χ1) is 9.74. The second-order valence-electron chi connectivity index (χ2n) is 3.80. The van der Waals surface area contributed by atoms with Gasteiger partial charge >= 0.3 is 0 Å². The van der Waals surface area contributed by atoms with E-state index in [0.29, 0.717) is 22.8 Å². The highest BCUT2D eigenvalue weighted by Gasteiger charge is 2.09. The number of carbonyl (C=O) groups is 1. The molecular weight excluding hydrogens is 294 g/mol. The van der Waals surface area contributed by atoms with Gasteiger partial charge in [0.15, 0.2) is 6.29 Å². The zero-order chi connectivity index (χ0) is 14.4. The molecule has 0 spiro atoms. The SMILES string of the molecule is COC(=N/C(C=O)=C\c1cccs1)c1ccccc1Cl. The molecule has 1 aromatic carbocycles. The standard InChI is InChI=1S/C15H12ClNO2S/c1-19-15(13-6-2-3-7-14(13)16)17-11(10-18)9-12-5-4-8-20-12/h2-10H,1H3/b11-9-,17-15?. The first kappa shape index (κ1) is 14.5. The van der Waals surface area contributed by atoms with Crippen molar-refractivity contribution in [1.82, 2.24) is 0 Å². The fraction of sp³-hybridized carbons (Fsp3) is 0.0667. The van der Waals surface area contributed by atoms with Crippen LogP contribution in [0.15, 0.2) is 52.5 Å². The van der Waals surface area contributed by atoms with Crippen LogP contribution in [0.1, 0.15) is 10.4 Å². The van der Waals surface area contributed by atoms with Gasteiger partial charge in [-0.3, -0.25) is 4.79 Å². The third-order valence-corrected chi connectivity index (χ3v) is 3.63. The molecule has 0 N–H and O–H groups in total. The van der Waals surface area contributed by atoms with E-state index in [2.05, 4.69) is 4.99 Å². The molecule has 0 saturated heterocycles. The molecule has 1 heterocycles. The second-order valence-corrected chi connectivity index (χ2v) is 5.19. The number of aldehydes is 1. The number of halogens is 1. The molecule has 0 aliphatic carbocycles. The summed E-state index contributed by atoms with van der Waals surface area (Å²) < 4.78 is 5.24. The summed E-state index contributed by atoms with van der Waals surface area (Å²) in [6.45, 7) is 0. The maximum absolute atomic E-state index is 11.1. The van der Waals surface area contributed by atoms with Gasteiger partial charge in [0.05, 0.1) is 17.7 Å². The van der Waals surface area contributed by atoms with Crippen molar-refractivity contribution in [2.75, 3.05) is 7.11 Å². The molecule has 102 valence electrons. The summed E-state index contributed by atoms with van der Waals surface area (Å²) in [6.07, 6.45) is 2.39. The topological polar surface area (TPSA) is 38.7 Å². The summed E-state index contributed by atoms with van der Waals surface area (Å²) in [6, 6.07) is 11.0. The summed E-state index contributed by atoms with van der Waals surface area (Å²) in [5.74, 6) is 0.311. The number of hydrogen-bond donors (Lipinski definition) is 0. The van der Waals surface area contributed by atoms with Gasteiger partial charge < -0.3 is 4.74 Å². The highest BCUT2D eigenvalue weighted by Crippen LogP contribution is 2.18. The monoisotopic (exact) mass is 305 g/mol. The van der Waals surface area contributed by atoms with Crippen molar-refractivity contribution in [2.45, 2.75) is 0 Å². The number of rotatable bonds is 4. The summed E-state index contributed by atoms with van der Waals surface area (Å²) >= 11 is 7.63. The van der Waals surface area contributed by atoms with Crippen LogP contribution in [0.2, 0.25) is 5.02 Å². The third-order valence-electron chi connectivity index (χ3n) is 2.48. The predicted octanol–water partition coefficient (Wildman–Crippen LogP) is 4.03. The molecule has 5 heteroatoms. The zero-order valence-corrected chi connectivity index (χ0v) is 12.3. The second kappa shape index (κ2) is 7.03. The molecule has 0 amide bonds. The van der Waals surface area contributed by atoms with Gasteiger partial charge in [-0.25, -0.2) is 4.99 Å². The van der Waals surface area contributed by atoms with Gasteiger partial charge in [0, 0.05) is 4.88 Å². The van der Waals surface area contributed by atoms with Crippen LogP contribution in [-0.2, 0) is 9.53 Å². The Morgan fingerprint density at radius 3 is 2.70 bits per heavy atom. The molecule has 0 saturated carbocycles. The van der Waals surface area contributed by atoms with E-state index >= 15 is 0 Å². The number of ether oxygens (including phenoxy) is 1. The number of allylic oxidation sites excluding steroid dienone is 1. The minimum absolute atomic E-state index is 0.282. The van der Waals surface area contributed by atoms with Crippen LogP contribution in [0.3, 0.4) is 0 Å². The quantitative estimate of drug-likeness (QED) is 0.370. The van der Waals surface area contributed by atoms with Crippen molar-refractivity contribution in [2.24, 2.45) is 4.99 Å². The Morgan fingerprint density at radius 1 is 1.30 bits per heavy atom. The zero-order valence-electron chi connectivity index (χ0n) is 10.7. The Labute approximate surface area is 126 Å². The highest BCUT2D eigenvalue weighted by atomic mass is 35.5. The molecule has 20 heavy (non-hydrogen) atoms. The van der Waals surface area contributed by atoms with E-state index < -0.39 is 0 Å². The maximum Gasteiger partial charge on any atom is 0.222 e. The molecule has 1 aromatic heterocycles. The van der Waals surface area contributed by atoms with E-state index in [1.54, 1.807) is 18.2 Å². The van der Waals surface area contributed by atoms with E-state index in [0.717, 1.165) is 4.88 Å². The summed E-state index contributed by atoms with van der Waals surface area (Å²) in [7, 11) is 1.50. The number of hydrogen-bond acceptors (Lipinski definition) is 4. The van der Waals surface area contributed by atoms with Crippen molar-refractivity contribution in [1.29, 1.82) is 0 Å². The molecular formula is C15H12ClNO2S. The minimum Gasteiger partial charge on any atom is -0.481 e. The molecule has 2 rings (SSSR count). The van der Waals surface area contributed by atoms with E-state index in [1.807, 2.05) is 29.6 Å². The Balaban J connectivity index is 2.39. The molecule has 0 bridgehead atoms. The van der Waals surface area contributed by atoms with Crippen LogP contribution in [-0.4, -0.2) is 19.3 Å². The number of aliphatic imine (C=N–C) groups is 1. The van der Waals surface area contributed by atoms with Crippen molar-refractivity contribution in [3.63, 3.8) is 0 Å². The first-order valence-corrected chi connectivity index (χ1v) is 7.08. The van der Waals surface area contributed by atoms with Gasteiger partial charge in [-0.05, 0) is 29.7 Å². The van der Waals surface area contributed by atoms with Crippen LogP contribution in [0.4, 0.5) is 0 Å². The average molecular weight is 306 g/mol. The van der Waals surface area contributed by atoms with Crippen molar-refractivity contribution >= 4 is 41.2 Å². The lowest BCUT2D eigenvalue weighted by atomic mass is 10.2. The number of carbonyl (C=O) groups excluding carboxylic acids is 1. The normalized spacial score (nSPS) is 12.3. The fourth-order valence-electron chi connectivity index (χ4n) is 1.58. The van der Waals surface area contributed by atoms with Gasteiger partial charge in [-0.1, -0.05) is 29.8 Å². The molecule has 0 unspecified atom stereocenters. The average Bonchev–Trinajstić information content (AvgIpc) is 2.97. The first-order valence-electron chi connectivity index (χ1n) is 5.82. The smallest absolute Gasteiger partial charge is 0.222 e. The molecule has 0 aliphatic rings. The largest absolute Gasteiger partial charge is 0.481 e. The van der Waals surface area contributed by atoms with Crippen LogP contribution in [0, 0.1) is 0 Å². The molecule has 0 fully saturated rings. The van der Waals surface area contributed by atoms with E-state index in [1.165, 1.54) is 18.4 Å². The van der Waals surface area contributed by atoms with Crippen molar-refractivity contribution < 1.29 is 9.53 Å². The Hall–Kier alpha value is -1.91. The van der Waals surface area contributed by atoms with Crippen molar-refractivity contribution in [3.05, 3.63) is 62.9 Å². The highest BCUT2D eigenvalue weighted by molar-refractivity contribution is 7.10. The summed E-state index contributed by atoms with van der Waals surface area (Å²) in [5, 5.41) is 2.46. The van der Waals surface area contributed by atoms with Crippen LogP contribution in [0.5, 0.6) is 0 Å². The van der Waals surface area contributed by atoms with E-state index in [9.17, 15) is 4.79 Å². The molecule has 2 aromatic rings. The lowest BCUT2D eigenvalue weighted by molar-refractivity contribution is -0.104.